The molecule has 23 heavy (non-hydrogen) atoms. The number of aryl methyl sites for hydroxylation is 1. The molecule has 0 bridgehead atoms. The van der Waals surface area contributed by atoms with E-state index in [0.717, 1.165) is 27.7 Å². The molecule has 0 spiro atoms. The van der Waals surface area contributed by atoms with Gasteiger partial charge in [-0.25, -0.2) is 4.39 Å². The molecule has 0 aliphatic heterocycles. The van der Waals surface area contributed by atoms with E-state index in [0.29, 0.717) is 0 Å². The maximum atomic E-state index is 13.3. The Morgan fingerprint density at radius 1 is 1.26 bits per heavy atom. The number of Topliss-reactive ketones (excluding diaryl/α,β-unsaturated/α-hetero) is 1. The summed E-state index contributed by atoms with van der Waals surface area (Å²) in [5.41, 5.74) is 4.19. The summed E-state index contributed by atoms with van der Waals surface area (Å²) in [4.78, 5) is 16.4. The zero-order valence-electron chi connectivity index (χ0n) is 13.4. The third-order valence-electron chi connectivity index (χ3n) is 3.94. The normalized spacial score (nSPS) is 11.3. The van der Waals surface area contributed by atoms with E-state index in [1.54, 1.807) is 23.1 Å². The van der Waals surface area contributed by atoms with Gasteiger partial charge in [0.1, 0.15) is 17.9 Å². The minimum absolute atomic E-state index is 0.0373. The minimum atomic E-state index is -0.257. The fourth-order valence-electron chi connectivity index (χ4n) is 2.51. The predicted octanol–water partition coefficient (Wildman–Crippen LogP) is 3.77. The fourth-order valence-corrected chi connectivity index (χ4v) is 2.51. The van der Waals surface area contributed by atoms with Gasteiger partial charge in [-0.1, -0.05) is 19.9 Å². The molecule has 0 unspecified atom stereocenters. The maximum absolute atomic E-state index is 13.3. The molecular formula is C18H18FN3O. The second kappa shape index (κ2) is 5.91. The number of hydrogen-bond acceptors (Lipinski definition) is 3. The van der Waals surface area contributed by atoms with Crippen LogP contribution < -0.4 is 0 Å². The summed E-state index contributed by atoms with van der Waals surface area (Å²) in [5.74, 6) is -0.170. The molecule has 5 heteroatoms. The molecule has 3 aromatic rings. The van der Waals surface area contributed by atoms with Gasteiger partial charge in [-0.05, 0) is 36.2 Å². The van der Waals surface area contributed by atoms with Gasteiger partial charge in [0.15, 0.2) is 5.78 Å². The number of fused-ring (bicyclic) bond motifs is 1. The third-order valence-corrected chi connectivity index (χ3v) is 3.94. The number of carbonyl (C=O) groups excluding carboxylic acids is 1. The molecule has 0 saturated carbocycles. The van der Waals surface area contributed by atoms with Crippen molar-refractivity contribution in [3.8, 4) is 11.1 Å². The Morgan fingerprint density at radius 3 is 2.74 bits per heavy atom. The summed E-state index contributed by atoms with van der Waals surface area (Å²) in [5, 5.41) is 4.26. The van der Waals surface area contributed by atoms with Crippen LogP contribution in [0.3, 0.4) is 0 Å². The van der Waals surface area contributed by atoms with Gasteiger partial charge in [0, 0.05) is 17.7 Å². The first kappa shape index (κ1) is 15.3. The molecule has 1 aromatic carbocycles. The van der Waals surface area contributed by atoms with Crippen molar-refractivity contribution < 1.29 is 9.18 Å². The van der Waals surface area contributed by atoms with Crippen LogP contribution in [0, 0.1) is 18.7 Å². The standard InChI is InChI=1S/C18H18FN3O/c1-11(2)18(23)10-22-17-7-13(8-20-16(17)9-21-22)15-5-4-14(19)6-12(15)3/h4-9,11H,10H2,1-3H3. The molecule has 2 heterocycles. The molecule has 0 saturated heterocycles. The average molecular weight is 311 g/mol. The lowest BCUT2D eigenvalue weighted by Gasteiger charge is -2.08. The van der Waals surface area contributed by atoms with Crippen molar-refractivity contribution >= 4 is 16.8 Å². The summed E-state index contributed by atoms with van der Waals surface area (Å²) in [7, 11) is 0. The number of nitrogens with zero attached hydrogens (tertiary/aromatic N) is 3. The molecule has 0 radical (unpaired) electrons. The van der Waals surface area contributed by atoms with Crippen LogP contribution in [0.25, 0.3) is 22.2 Å². The summed E-state index contributed by atoms with van der Waals surface area (Å²) >= 11 is 0. The average Bonchev–Trinajstić information content (AvgIpc) is 2.89. The van der Waals surface area contributed by atoms with Crippen molar-refractivity contribution in [2.75, 3.05) is 0 Å². The fraction of sp³-hybridized carbons (Fsp3) is 0.278. The topological polar surface area (TPSA) is 47.8 Å². The van der Waals surface area contributed by atoms with Gasteiger partial charge in [0.05, 0.1) is 11.7 Å². The molecular weight excluding hydrogens is 293 g/mol. The van der Waals surface area contributed by atoms with Gasteiger partial charge in [0.25, 0.3) is 0 Å². The Hall–Kier alpha value is -2.56. The van der Waals surface area contributed by atoms with Gasteiger partial charge in [-0.2, -0.15) is 5.10 Å². The van der Waals surface area contributed by atoms with Crippen LogP contribution in [0.2, 0.25) is 0 Å². The highest BCUT2D eigenvalue weighted by Crippen LogP contribution is 2.26. The van der Waals surface area contributed by atoms with Gasteiger partial charge in [0.2, 0.25) is 0 Å². The van der Waals surface area contributed by atoms with Crippen molar-refractivity contribution in [2.45, 2.75) is 27.3 Å². The molecule has 0 aliphatic rings. The van der Waals surface area contributed by atoms with Crippen LogP contribution >= 0.6 is 0 Å². The van der Waals surface area contributed by atoms with E-state index in [1.807, 2.05) is 26.8 Å². The Bertz CT molecular complexity index is 883. The first-order valence-electron chi connectivity index (χ1n) is 7.56. The molecule has 0 atom stereocenters. The zero-order chi connectivity index (χ0) is 16.6. The van der Waals surface area contributed by atoms with Crippen LogP contribution in [0.4, 0.5) is 4.39 Å². The lowest BCUT2D eigenvalue weighted by molar-refractivity contribution is -0.122. The zero-order valence-corrected chi connectivity index (χ0v) is 13.4. The highest BCUT2D eigenvalue weighted by molar-refractivity contribution is 5.84. The highest BCUT2D eigenvalue weighted by Gasteiger charge is 2.13. The summed E-state index contributed by atoms with van der Waals surface area (Å²) in [6.07, 6.45) is 3.41. The van der Waals surface area contributed by atoms with Gasteiger partial charge < -0.3 is 0 Å². The number of halogens is 1. The molecule has 0 amide bonds. The van der Waals surface area contributed by atoms with E-state index in [-0.39, 0.29) is 24.1 Å². The summed E-state index contributed by atoms with van der Waals surface area (Å²) in [6, 6.07) is 6.63. The van der Waals surface area contributed by atoms with Crippen LogP contribution in [0.15, 0.2) is 36.7 Å². The third kappa shape index (κ3) is 2.99. The van der Waals surface area contributed by atoms with E-state index in [4.69, 9.17) is 0 Å². The molecule has 2 aromatic heterocycles. The van der Waals surface area contributed by atoms with Gasteiger partial charge in [-0.15, -0.1) is 0 Å². The SMILES string of the molecule is Cc1cc(F)ccc1-c1cnc2cnn(CC(=O)C(C)C)c2c1. The van der Waals surface area contributed by atoms with E-state index < -0.39 is 0 Å². The number of benzene rings is 1. The van der Waals surface area contributed by atoms with Crippen molar-refractivity contribution in [1.82, 2.24) is 14.8 Å². The Balaban J connectivity index is 2.05. The largest absolute Gasteiger partial charge is 0.297 e. The number of aromatic nitrogens is 3. The van der Waals surface area contributed by atoms with Crippen molar-refractivity contribution in [3.05, 3.63) is 48.0 Å². The van der Waals surface area contributed by atoms with Crippen LogP contribution in [0.1, 0.15) is 19.4 Å². The van der Waals surface area contributed by atoms with E-state index in [2.05, 4.69) is 10.1 Å². The molecule has 0 aliphatic carbocycles. The number of rotatable bonds is 4. The molecule has 118 valence electrons. The minimum Gasteiger partial charge on any atom is -0.297 e. The van der Waals surface area contributed by atoms with Crippen molar-refractivity contribution in [1.29, 1.82) is 0 Å². The summed E-state index contributed by atoms with van der Waals surface area (Å²) in [6.45, 7) is 5.84. The van der Waals surface area contributed by atoms with Crippen molar-refractivity contribution in [2.24, 2.45) is 5.92 Å². The Kier molecular flexibility index (Phi) is 3.94. The Morgan fingerprint density at radius 2 is 2.04 bits per heavy atom. The molecule has 0 fully saturated rings. The number of carbonyl (C=O) groups is 1. The first-order valence-corrected chi connectivity index (χ1v) is 7.56. The van der Waals surface area contributed by atoms with Gasteiger partial charge in [-0.3, -0.25) is 14.5 Å². The molecule has 3 rings (SSSR count). The first-order chi connectivity index (χ1) is 11.0. The van der Waals surface area contributed by atoms with Gasteiger partial charge >= 0.3 is 0 Å². The lowest BCUT2D eigenvalue weighted by Crippen LogP contribution is -2.16. The second-order valence-electron chi connectivity index (χ2n) is 6.01. The number of pyridine rings is 1. The maximum Gasteiger partial charge on any atom is 0.156 e. The van der Waals surface area contributed by atoms with Crippen LogP contribution in [-0.2, 0) is 11.3 Å². The van der Waals surface area contributed by atoms with Crippen molar-refractivity contribution in [3.63, 3.8) is 0 Å². The van der Waals surface area contributed by atoms with E-state index in [1.165, 1.54) is 12.1 Å². The number of ketones is 1. The quantitative estimate of drug-likeness (QED) is 0.737. The smallest absolute Gasteiger partial charge is 0.156 e. The van der Waals surface area contributed by atoms with E-state index in [9.17, 15) is 9.18 Å². The van der Waals surface area contributed by atoms with E-state index >= 15 is 0 Å². The molecule has 0 N–H and O–H groups in total. The van der Waals surface area contributed by atoms with Crippen LogP contribution in [-0.4, -0.2) is 20.5 Å². The second-order valence-corrected chi connectivity index (χ2v) is 6.01. The predicted molar refractivity (Wildman–Crippen MR) is 87.5 cm³/mol. The monoisotopic (exact) mass is 311 g/mol. The molecule has 4 nitrogen and oxygen atoms in total. The van der Waals surface area contributed by atoms with Crippen LogP contribution in [0.5, 0.6) is 0 Å². The Labute approximate surface area is 134 Å². The highest BCUT2D eigenvalue weighted by atomic mass is 19.1. The summed E-state index contributed by atoms with van der Waals surface area (Å²) < 4.78 is 15.0. The number of hydrogen-bond donors (Lipinski definition) is 0. The lowest BCUT2D eigenvalue weighted by atomic mass is 10.0.